The van der Waals surface area contributed by atoms with Crippen LogP contribution < -0.4 is 0 Å². The van der Waals surface area contributed by atoms with Gasteiger partial charge in [0.05, 0.1) is 5.25 Å². The Morgan fingerprint density at radius 2 is 2.36 bits per heavy atom. The van der Waals surface area contributed by atoms with E-state index in [9.17, 15) is 9.59 Å². The first-order valence-corrected chi connectivity index (χ1v) is 5.31. The summed E-state index contributed by atoms with van der Waals surface area (Å²) in [5, 5.41) is 10.2. The summed E-state index contributed by atoms with van der Waals surface area (Å²) in [6, 6.07) is 0. The number of carboxylic acid groups (broad SMARTS) is 1. The monoisotopic (exact) mass is 215 g/mol. The van der Waals surface area contributed by atoms with Crippen LogP contribution in [-0.4, -0.2) is 33.7 Å². The third kappa shape index (κ3) is 2.51. The van der Waals surface area contributed by atoms with Crippen molar-refractivity contribution in [2.24, 2.45) is 5.92 Å². The molecule has 1 rings (SSSR count). The van der Waals surface area contributed by atoms with Crippen molar-refractivity contribution in [3.8, 4) is 0 Å². The summed E-state index contributed by atoms with van der Waals surface area (Å²) < 4.78 is 0. The zero-order chi connectivity index (χ0) is 10.7. The zero-order valence-electron chi connectivity index (χ0n) is 8.14. The van der Waals surface area contributed by atoms with E-state index in [-0.39, 0.29) is 23.6 Å². The van der Waals surface area contributed by atoms with Crippen LogP contribution in [0.2, 0.25) is 0 Å². The van der Waals surface area contributed by atoms with E-state index in [1.807, 2.05) is 13.8 Å². The van der Waals surface area contributed by atoms with Crippen LogP contribution in [0.1, 0.15) is 13.8 Å². The number of carbonyl (C=O) groups is 2. The van der Waals surface area contributed by atoms with Crippen LogP contribution in [0.4, 0.5) is 0 Å². The highest BCUT2D eigenvalue weighted by Crippen LogP contribution is 2.26. The van der Waals surface area contributed by atoms with E-state index in [1.54, 1.807) is 5.41 Å². The van der Waals surface area contributed by atoms with Gasteiger partial charge in [-0.2, -0.15) is 0 Å². The van der Waals surface area contributed by atoms with Gasteiger partial charge in [0.2, 0.25) is 5.91 Å². The Morgan fingerprint density at radius 3 is 2.86 bits per heavy atom. The van der Waals surface area contributed by atoms with Gasteiger partial charge in [-0.15, -0.1) is 11.8 Å². The molecule has 4 nitrogen and oxygen atoms in total. The number of nitrogens with zero attached hydrogens (tertiary/aromatic N) is 1. The minimum atomic E-state index is -0.989. The van der Waals surface area contributed by atoms with E-state index in [1.165, 1.54) is 22.9 Å². The van der Waals surface area contributed by atoms with E-state index in [0.717, 1.165) is 0 Å². The standard InChI is InChI=1S/C9H13NO3S/c1-6(2)8-9(13)10(3-4-14-8)5-7(11)12/h3-4,6,8H,5H2,1-2H3,(H,11,12)/t8-/m0/s1. The molecular formula is C9H13NO3S. The molecule has 0 saturated heterocycles. The van der Waals surface area contributed by atoms with Crippen molar-refractivity contribution < 1.29 is 14.7 Å². The fourth-order valence-corrected chi connectivity index (χ4v) is 2.16. The molecule has 0 radical (unpaired) electrons. The molecule has 0 aromatic rings. The average Bonchev–Trinajstić information content (AvgIpc) is 2.07. The molecule has 0 spiro atoms. The van der Waals surface area contributed by atoms with Gasteiger partial charge in [-0.25, -0.2) is 0 Å². The summed E-state index contributed by atoms with van der Waals surface area (Å²) in [5.74, 6) is -0.888. The van der Waals surface area contributed by atoms with E-state index in [4.69, 9.17) is 5.11 Å². The van der Waals surface area contributed by atoms with Gasteiger partial charge in [0.1, 0.15) is 6.54 Å². The number of carbonyl (C=O) groups excluding carboxylic acids is 1. The highest BCUT2D eigenvalue weighted by molar-refractivity contribution is 8.03. The average molecular weight is 215 g/mol. The van der Waals surface area contributed by atoms with Gasteiger partial charge in [-0.3, -0.25) is 9.59 Å². The molecule has 1 amide bonds. The molecule has 1 atom stereocenters. The van der Waals surface area contributed by atoms with Crippen molar-refractivity contribution in [1.82, 2.24) is 4.90 Å². The molecule has 1 aliphatic rings. The van der Waals surface area contributed by atoms with E-state index >= 15 is 0 Å². The van der Waals surface area contributed by atoms with Crippen LogP contribution in [-0.2, 0) is 9.59 Å². The molecule has 1 aliphatic heterocycles. The second-order valence-corrected chi connectivity index (χ2v) is 4.50. The van der Waals surface area contributed by atoms with E-state index < -0.39 is 5.97 Å². The third-order valence-electron chi connectivity index (χ3n) is 1.90. The SMILES string of the molecule is CC(C)[C@@H]1SC=CN(CC(=O)O)C1=O. The fourth-order valence-electron chi connectivity index (χ4n) is 1.21. The maximum Gasteiger partial charge on any atom is 0.323 e. The van der Waals surface area contributed by atoms with E-state index in [0.29, 0.717) is 0 Å². The van der Waals surface area contributed by atoms with Crippen molar-refractivity contribution in [1.29, 1.82) is 0 Å². The molecule has 1 N–H and O–H groups in total. The van der Waals surface area contributed by atoms with Gasteiger partial charge in [0.15, 0.2) is 0 Å². The van der Waals surface area contributed by atoms with Crippen molar-refractivity contribution in [2.75, 3.05) is 6.54 Å². The summed E-state index contributed by atoms with van der Waals surface area (Å²) in [4.78, 5) is 23.4. The normalized spacial score (nSPS) is 21.8. The van der Waals surface area contributed by atoms with Gasteiger partial charge in [-0.05, 0) is 11.3 Å². The van der Waals surface area contributed by atoms with Crippen molar-refractivity contribution in [2.45, 2.75) is 19.1 Å². The van der Waals surface area contributed by atoms with Crippen LogP contribution in [0.3, 0.4) is 0 Å². The minimum absolute atomic E-state index is 0.116. The van der Waals surface area contributed by atoms with Gasteiger partial charge >= 0.3 is 5.97 Å². The molecule has 0 unspecified atom stereocenters. The molecule has 0 aromatic heterocycles. The summed E-state index contributed by atoms with van der Waals surface area (Å²) in [6.07, 6.45) is 1.53. The lowest BCUT2D eigenvalue weighted by molar-refractivity contribution is -0.142. The Labute approximate surface area is 87.0 Å². The quantitative estimate of drug-likeness (QED) is 0.767. The lowest BCUT2D eigenvalue weighted by Crippen LogP contribution is -2.41. The lowest BCUT2D eigenvalue weighted by Gasteiger charge is -2.27. The first-order valence-electron chi connectivity index (χ1n) is 4.36. The Kier molecular flexibility index (Phi) is 3.57. The fraction of sp³-hybridized carbons (Fsp3) is 0.556. The number of aliphatic carboxylic acids is 1. The molecule has 78 valence electrons. The number of hydrogen-bond donors (Lipinski definition) is 1. The first kappa shape index (κ1) is 11.1. The smallest absolute Gasteiger partial charge is 0.323 e. The Bertz CT molecular complexity index is 275. The number of carboxylic acids is 1. The maximum atomic E-state index is 11.7. The topological polar surface area (TPSA) is 57.6 Å². The Hall–Kier alpha value is -0.970. The van der Waals surface area contributed by atoms with Crippen LogP contribution in [0.15, 0.2) is 11.6 Å². The first-order chi connectivity index (χ1) is 6.52. The van der Waals surface area contributed by atoms with E-state index in [2.05, 4.69) is 0 Å². The van der Waals surface area contributed by atoms with Crippen LogP contribution >= 0.6 is 11.8 Å². The highest BCUT2D eigenvalue weighted by atomic mass is 32.2. The molecular weight excluding hydrogens is 202 g/mol. The minimum Gasteiger partial charge on any atom is -0.480 e. The lowest BCUT2D eigenvalue weighted by atomic mass is 10.1. The van der Waals surface area contributed by atoms with Crippen molar-refractivity contribution >= 4 is 23.6 Å². The largest absolute Gasteiger partial charge is 0.480 e. The van der Waals surface area contributed by atoms with Gasteiger partial charge < -0.3 is 10.0 Å². The predicted octanol–water partition coefficient (Wildman–Crippen LogP) is 1.14. The third-order valence-corrected chi connectivity index (χ3v) is 3.22. The number of thioether (sulfide) groups is 1. The number of hydrogen-bond acceptors (Lipinski definition) is 3. The highest BCUT2D eigenvalue weighted by Gasteiger charge is 2.29. The maximum absolute atomic E-state index is 11.7. The Balaban J connectivity index is 2.70. The molecule has 0 aliphatic carbocycles. The summed E-state index contributed by atoms with van der Waals surface area (Å²) in [6.45, 7) is 3.65. The molecule has 5 heteroatoms. The van der Waals surface area contributed by atoms with Gasteiger partial charge in [0, 0.05) is 6.20 Å². The molecule has 1 heterocycles. The number of amides is 1. The van der Waals surface area contributed by atoms with Crippen molar-refractivity contribution in [3.63, 3.8) is 0 Å². The predicted molar refractivity (Wildman–Crippen MR) is 54.7 cm³/mol. The molecule has 0 bridgehead atoms. The summed E-state index contributed by atoms with van der Waals surface area (Å²) in [7, 11) is 0. The van der Waals surface area contributed by atoms with Crippen LogP contribution in [0, 0.1) is 5.92 Å². The Morgan fingerprint density at radius 1 is 1.71 bits per heavy atom. The summed E-state index contributed by atoms with van der Waals surface area (Å²) >= 11 is 1.45. The van der Waals surface area contributed by atoms with Crippen LogP contribution in [0.5, 0.6) is 0 Å². The molecule has 0 aromatic carbocycles. The van der Waals surface area contributed by atoms with Gasteiger partial charge in [-0.1, -0.05) is 13.8 Å². The zero-order valence-corrected chi connectivity index (χ0v) is 8.95. The number of rotatable bonds is 3. The second kappa shape index (κ2) is 4.50. The van der Waals surface area contributed by atoms with Crippen LogP contribution in [0.25, 0.3) is 0 Å². The summed E-state index contributed by atoms with van der Waals surface area (Å²) in [5.41, 5.74) is 0. The molecule has 0 saturated carbocycles. The molecule has 0 fully saturated rings. The van der Waals surface area contributed by atoms with Gasteiger partial charge in [0.25, 0.3) is 0 Å². The molecule has 14 heavy (non-hydrogen) atoms. The second-order valence-electron chi connectivity index (χ2n) is 3.45. The van der Waals surface area contributed by atoms with Crippen molar-refractivity contribution in [3.05, 3.63) is 11.6 Å².